The van der Waals surface area contributed by atoms with Gasteiger partial charge in [0.25, 0.3) is 5.91 Å². The van der Waals surface area contributed by atoms with E-state index in [9.17, 15) is 9.59 Å². The number of anilines is 1. The van der Waals surface area contributed by atoms with E-state index in [-0.39, 0.29) is 24.0 Å². The zero-order valence-corrected chi connectivity index (χ0v) is 13.7. The Labute approximate surface area is 136 Å². The molecule has 23 heavy (non-hydrogen) atoms. The summed E-state index contributed by atoms with van der Waals surface area (Å²) in [6.45, 7) is 4.30. The second kappa shape index (κ2) is 8.08. The maximum atomic E-state index is 12.1. The number of benzene rings is 1. The first-order valence-electron chi connectivity index (χ1n) is 8.02. The molecular weight excluding hydrogens is 294 g/mol. The monoisotopic (exact) mass is 319 g/mol. The number of ether oxygens (including phenoxy) is 1. The van der Waals surface area contributed by atoms with Crippen LogP contribution in [0.1, 0.15) is 32.3 Å². The molecule has 2 atom stereocenters. The third-order valence-corrected chi connectivity index (χ3v) is 3.70. The van der Waals surface area contributed by atoms with Gasteiger partial charge in [-0.05, 0) is 44.4 Å². The van der Waals surface area contributed by atoms with Crippen LogP contribution in [0.5, 0.6) is 0 Å². The summed E-state index contributed by atoms with van der Waals surface area (Å²) in [5, 5.41) is 5.69. The molecule has 2 rings (SSSR count). The number of nitrogens with one attached hydrogen (secondary N) is 2. The first-order chi connectivity index (χ1) is 11.0. The Morgan fingerprint density at radius 2 is 1.96 bits per heavy atom. The molecule has 0 radical (unpaired) electrons. The Balaban J connectivity index is 1.85. The molecule has 4 N–H and O–H groups in total. The van der Waals surface area contributed by atoms with E-state index in [4.69, 9.17) is 10.5 Å². The largest absolute Gasteiger partial charge is 0.364 e. The molecule has 1 aromatic carbocycles. The van der Waals surface area contributed by atoms with E-state index in [0.717, 1.165) is 12.0 Å². The molecular formula is C17H25N3O3. The number of hydrogen-bond acceptors (Lipinski definition) is 4. The van der Waals surface area contributed by atoms with Crippen LogP contribution in [0.25, 0.3) is 0 Å². The van der Waals surface area contributed by atoms with Crippen molar-refractivity contribution >= 4 is 17.5 Å². The highest BCUT2D eigenvalue weighted by Gasteiger charge is 2.29. The fraction of sp³-hybridized carbons (Fsp3) is 0.529. The number of nitrogens with two attached hydrogens (primary N) is 1. The summed E-state index contributed by atoms with van der Waals surface area (Å²) in [6.07, 6.45) is 1.39. The van der Waals surface area contributed by atoms with Crippen molar-refractivity contribution in [1.29, 1.82) is 0 Å². The van der Waals surface area contributed by atoms with Crippen LogP contribution in [-0.2, 0) is 20.7 Å². The second-order valence-electron chi connectivity index (χ2n) is 6.14. The number of carbonyl (C=O) groups excluding carboxylic acids is 2. The molecule has 126 valence electrons. The predicted octanol–water partition coefficient (Wildman–Crippen LogP) is 1.20. The van der Waals surface area contributed by atoms with E-state index < -0.39 is 6.10 Å². The van der Waals surface area contributed by atoms with Gasteiger partial charge >= 0.3 is 0 Å². The number of hydrogen-bond donors (Lipinski definition) is 3. The maximum absolute atomic E-state index is 12.1. The van der Waals surface area contributed by atoms with Crippen molar-refractivity contribution in [2.45, 2.75) is 51.4 Å². The van der Waals surface area contributed by atoms with E-state index in [2.05, 4.69) is 10.6 Å². The molecule has 6 heteroatoms. The molecule has 1 saturated heterocycles. The van der Waals surface area contributed by atoms with Gasteiger partial charge in [0, 0.05) is 18.3 Å². The zero-order chi connectivity index (χ0) is 16.8. The van der Waals surface area contributed by atoms with Crippen LogP contribution in [0.4, 0.5) is 5.69 Å². The van der Waals surface area contributed by atoms with E-state index in [1.165, 1.54) is 0 Å². The molecule has 1 heterocycles. The van der Waals surface area contributed by atoms with Crippen molar-refractivity contribution in [3.63, 3.8) is 0 Å². The molecule has 1 aliphatic rings. The fourth-order valence-electron chi connectivity index (χ4n) is 2.56. The number of carbonyl (C=O) groups is 2. The Bertz CT molecular complexity index is 543. The van der Waals surface area contributed by atoms with Crippen LogP contribution < -0.4 is 16.4 Å². The Morgan fingerprint density at radius 3 is 2.52 bits per heavy atom. The normalized spacial score (nSPS) is 20.5. The first kappa shape index (κ1) is 17.4. The van der Waals surface area contributed by atoms with Gasteiger partial charge in [-0.2, -0.15) is 0 Å². The smallest absolute Gasteiger partial charge is 0.253 e. The number of amides is 2. The average Bonchev–Trinajstić information content (AvgIpc) is 2.97. The zero-order valence-electron chi connectivity index (χ0n) is 13.7. The Hall–Kier alpha value is -1.92. The topological polar surface area (TPSA) is 93.5 Å². The lowest BCUT2D eigenvalue weighted by molar-refractivity contribution is -0.126. The third kappa shape index (κ3) is 5.33. The van der Waals surface area contributed by atoms with Crippen molar-refractivity contribution in [2.75, 3.05) is 11.9 Å². The molecule has 0 bridgehead atoms. The molecule has 2 amide bonds. The average molecular weight is 319 g/mol. The van der Waals surface area contributed by atoms with E-state index in [1.807, 2.05) is 26.0 Å². The molecule has 1 fully saturated rings. The van der Waals surface area contributed by atoms with Crippen LogP contribution in [-0.4, -0.2) is 36.6 Å². The SMILES string of the molecule is CC(C)NC(=O)Cc1ccc(NC(=O)[C@@H]2CC[C@H](CN)O2)cc1. The molecule has 1 aromatic rings. The standard InChI is InChI=1S/C17H25N3O3/c1-11(2)19-16(21)9-12-3-5-13(6-4-12)20-17(22)15-8-7-14(10-18)23-15/h3-6,11,14-15H,7-10,18H2,1-2H3,(H,19,21)(H,20,22)/t14-,15+/m1/s1. The first-order valence-corrected chi connectivity index (χ1v) is 8.02. The van der Waals surface area contributed by atoms with E-state index in [1.54, 1.807) is 12.1 Å². The second-order valence-corrected chi connectivity index (χ2v) is 6.14. The molecule has 0 spiro atoms. The van der Waals surface area contributed by atoms with Crippen LogP contribution >= 0.6 is 0 Å². The predicted molar refractivity (Wildman–Crippen MR) is 89.0 cm³/mol. The molecule has 0 aromatic heterocycles. The fourth-order valence-corrected chi connectivity index (χ4v) is 2.56. The van der Waals surface area contributed by atoms with Gasteiger partial charge in [-0.1, -0.05) is 12.1 Å². The minimum Gasteiger partial charge on any atom is -0.364 e. The van der Waals surface area contributed by atoms with Crippen molar-refractivity contribution in [1.82, 2.24) is 5.32 Å². The highest BCUT2D eigenvalue weighted by atomic mass is 16.5. The Morgan fingerprint density at radius 1 is 1.26 bits per heavy atom. The highest BCUT2D eigenvalue weighted by molar-refractivity contribution is 5.94. The van der Waals surface area contributed by atoms with Gasteiger partial charge in [0.05, 0.1) is 12.5 Å². The Kier molecular flexibility index (Phi) is 6.12. The third-order valence-electron chi connectivity index (χ3n) is 3.70. The van der Waals surface area contributed by atoms with Gasteiger partial charge in [0.15, 0.2) is 0 Å². The molecule has 0 unspecified atom stereocenters. The minimum absolute atomic E-state index is 0.0102. The molecule has 6 nitrogen and oxygen atoms in total. The summed E-state index contributed by atoms with van der Waals surface area (Å²) in [4.78, 5) is 23.8. The van der Waals surface area contributed by atoms with Gasteiger partial charge in [-0.15, -0.1) is 0 Å². The van der Waals surface area contributed by atoms with Crippen LogP contribution in [0.2, 0.25) is 0 Å². The summed E-state index contributed by atoms with van der Waals surface area (Å²) in [6, 6.07) is 7.41. The van der Waals surface area contributed by atoms with Crippen LogP contribution in [0.3, 0.4) is 0 Å². The van der Waals surface area contributed by atoms with Crippen LogP contribution in [0.15, 0.2) is 24.3 Å². The maximum Gasteiger partial charge on any atom is 0.253 e. The van der Waals surface area contributed by atoms with Crippen molar-refractivity contribution in [3.8, 4) is 0 Å². The number of rotatable bonds is 6. The summed E-state index contributed by atoms with van der Waals surface area (Å²) >= 11 is 0. The van der Waals surface area contributed by atoms with Gasteiger partial charge in [0.2, 0.25) is 5.91 Å². The van der Waals surface area contributed by atoms with Gasteiger partial charge in [0.1, 0.15) is 6.10 Å². The molecule has 1 aliphatic heterocycles. The lowest BCUT2D eigenvalue weighted by Crippen LogP contribution is -2.31. The lowest BCUT2D eigenvalue weighted by Gasteiger charge is -2.13. The van der Waals surface area contributed by atoms with Gasteiger partial charge in [-0.25, -0.2) is 0 Å². The summed E-state index contributed by atoms with van der Waals surface area (Å²) in [5.41, 5.74) is 7.15. The minimum atomic E-state index is -0.431. The quantitative estimate of drug-likeness (QED) is 0.734. The lowest BCUT2D eigenvalue weighted by atomic mass is 10.1. The van der Waals surface area contributed by atoms with E-state index >= 15 is 0 Å². The van der Waals surface area contributed by atoms with Gasteiger partial charge < -0.3 is 21.1 Å². The van der Waals surface area contributed by atoms with E-state index in [0.29, 0.717) is 25.1 Å². The highest BCUT2D eigenvalue weighted by Crippen LogP contribution is 2.20. The van der Waals surface area contributed by atoms with Crippen molar-refractivity contribution in [2.24, 2.45) is 5.73 Å². The summed E-state index contributed by atoms with van der Waals surface area (Å²) in [7, 11) is 0. The summed E-state index contributed by atoms with van der Waals surface area (Å²) in [5.74, 6) is -0.157. The molecule has 0 saturated carbocycles. The van der Waals surface area contributed by atoms with Crippen LogP contribution in [0, 0.1) is 0 Å². The van der Waals surface area contributed by atoms with Crippen molar-refractivity contribution in [3.05, 3.63) is 29.8 Å². The molecule has 0 aliphatic carbocycles. The van der Waals surface area contributed by atoms with Gasteiger partial charge in [-0.3, -0.25) is 9.59 Å². The summed E-state index contributed by atoms with van der Waals surface area (Å²) < 4.78 is 5.57. The van der Waals surface area contributed by atoms with Crippen molar-refractivity contribution < 1.29 is 14.3 Å².